The van der Waals surface area contributed by atoms with Gasteiger partial charge in [-0.25, -0.2) is 0 Å². The van der Waals surface area contributed by atoms with Crippen LogP contribution in [0.5, 0.6) is 0 Å². The number of morpholine rings is 1. The highest BCUT2D eigenvalue weighted by atomic mass is 32.2. The minimum absolute atomic E-state index is 0.172. The molecule has 0 unspecified atom stereocenters. The van der Waals surface area contributed by atoms with E-state index in [1.165, 1.54) is 14.7 Å². The minimum atomic E-state index is -3.54. The van der Waals surface area contributed by atoms with Gasteiger partial charge in [0.25, 0.3) is 16.1 Å². The van der Waals surface area contributed by atoms with Gasteiger partial charge in [-0.2, -0.15) is 17.0 Å². The summed E-state index contributed by atoms with van der Waals surface area (Å²) in [7, 11) is -3.54. The number of pyridine rings is 1. The van der Waals surface area contributed by atoms with Gasteiger partial charge in [-0.05, 0) is 18.9 Å². The topological polar surface area (TPSA) is 103 Å². The largest absolute Gasteiger partial charge is 0.379 e. The average molecular weight is 398 g/mol. The fourth-order valence-electron chi connectivity index (χ4n) is 3.44. The summed E-state index contributed by atoms with van der Waals surface area (Å²) in [4.78, 5) is 28.8. The third-order valence-electron chi connectivity index (χ3n) is 4.95. The van der Waals surface area contributed by atoms with Crippen LogP contribution in [0.3, 0.4) is 0 Å². The summed E-state index contributed by atoms with van der Waals surface area (Å²) in [6.45, 7) is 4.86. The van der Waals surface area contributed by atoms with Crippen molar-refractivity contribution in [3.63, 3.8) is 0 Å². The van der Waals surface area contributed by atoms with E-state index in [1.807, 2.05) is 6.92 Å². The van der Waals surface area contributed by atoms with Gasteiger partial charge in [-0.15, -0.1) is 0 Å². The normalized spacial score (nSPS) is 20.4. The number of aromatic nitrogens is 1. The molecule has 0 aromatic carbocycles. The van der Waals surface area contributed by atoms with Crippen LogP contribution in [0.15, 0.2) is 16.9 Å². The van der Waals surface area contributed by atoms with E-state index in [2.05, 4.69) is 4.98 Å². The number of ether oxygens (including phenoxy) is 1. The van der Waals surface area contributed by atoms with Crippen LogP contribution in [0.25, 0.3) is 0 Å². The summed E-state index contributed by atoms with van der Waals surface area (Å²) in [5, 5.41) is 0. The van der Waals surface area contributed by atoms with Crippen molar-refractivity contribution >= 4 is 16.1 Å². The van der Waals surface area contributed by atoms with Gasteiger partial charge in [0, 0.05) is 51.0 Å². The predicted molar refractivity (Wildman–Crippen MR) is 99.8 cm³/mol. The lowest BCUT2D eigenvalue weighted by Gasteiger charge is -2.31. The number of H-pyrrole nitrogens is 1. The maximum absolute atomic E-state index is 12.9. The number of rotatable bonds is 4. The maximum atomic E-state index is 12.9. The molecule has 2 aliphatic rings. The molecule has 150 valence electrons. The zero-order valence-electron chi connectivity index (χ0n) is 15.5. The van der Waals surface area contributed by atoms with Crippen LogP contribution in [0, 0.1) is 0 Å². The van der Waals surface area contributed by atoms with Crippen molar-refractivity contribution in [1.82, 2.24) is 18.5 Å². The predicted octanol–water partition coefficient (Wildman–Crippen LogP) is -0.338. The fraction of sp³-hybridized carbons (Fsp3) is 0.647. The SMILES string of the molecule is CCc1[nH]c(=O)ccc1C(=O)N1CCCN(S(=O)(=O)N2CCOCC2)CC1. The second-order valence-corrected chi connectivity index (χ2v) is 8.56. The van der Waals surface area contributed by atoms with Gasteiger partial charge in [0.1, 0.15) is 0 Å². The second-order valence-electron chi connectivity index (χ2n) is 6.63. The van der Waals surface area contributed by atoms with Crippen molar-refractivity contribution in [3.8, 4) is 0 Å². The molecule has 0 radical (unpaired) electrons. The Balaban J connectivity index is 1.71. The number of hydrogen-bond donors (Lipinski definition) is 1. The monoisotopic (exact) mass is 398 g/mol. The van der Waals surface area contributed by atoms with Gasteiger partial charge in [0.05, 0.1) is 18.8 Å². The Morgan fingerprint density at radius 1 is 1.07 bits per heavy atom. The number of hydrogen-bond acceptors (Lipinski definition) is 5. The van der Waals surface area contributed by atoms with Crippen molar-refractivity contribution in [2.24, 2.45) is 0 Å². The van der Waals surface area contributed by atoms with Gasteiger partial charge in [0.15, 0.2) is 0 Å². The number of nitrogens with one attached hydrogen (secondary N) is 1. The summed E-state index contributed by atoms with van der Waals surface area (Å²) in [5.74, 6) is -0.172. The van der Waals surface area contributed by atoms with Gasteiger partial charge in [-0.1, -0.05) is 6.92 Å². The molecule has 10 heteroatoms. The molecule has 2 aliphatic heterocycles. The standard InChI is InChI=1S/C17H26N4O5S/c1-2-15-14(4-5-16(22)18-15)17(23)19-6-3-7-20(9-8-19)27(24,25)21-10-12-26-13-11-21/h4-5H,2-3,6-13H2,1H3,(H,18,22). The van der Waals surface area contributed by atoms with Crippen LogP contribution in [0.1, 0.15) is 29.4 Å². The highest BCUT2D eigenvalue weighted by Crippen LogP contribution is 2.16. The van der Waals surface area contributed by atoms with Crippen LogP contribution in [-0.2, 0) is 21.4 Å². The summed E-state index contributed by atoms with van der Waals surface area (Å²) in [6, 6.07) is 2.90. The van der Waals surface area contributed by atoms with E-state index in [0.717, 1.165) is 0 Å². The third kappa shape index (κ3) is 4.40. The van der Waals surface area contributed by atoms with Gasteiger partial charge in [0.2, 0.25) is 5.56 Å². The molecule has 27 heavy (non-hydrogen) atoms. The molecule has 2 saturated heterocycles. The van der Waals surface area contributed by atoms with Crippen LogP contribution in [-0.4, -0.2) is 85.3 Å². The lowest BCUT2D eigenvalue weighted by atomic mass is 10.1. The Morgan fingerprint density at radius 3 is 2.48 bits per heavy atom. The molecule has 0 aliphatic carbocycles. The fourth-order valence-corrected chi connectivity index (χ4v) is 5.04. The van der Waals surface area contributed by atoms with Crippen molar-refractivity contribution in [1.29, 1.82) is 0 Å². The highest BCUT2D eigenvalue weighted by Gasteiger charge is 2.33. The molecule has 0 atom stereocenters. The van der Waals surface area contributed by atoms with Crippen molar-refractivity contribution in [2.75, 3.05) is 52.5 Å². The number of aromatic amines is 1. The number of amides is 1. The first kappa shape index (κ1) is 20.0. The zero-order valence-corrected chi connectivity index (χ0v) is 16.3. The molecule has 1 aromatic heterocycles. The van der Waals surface area contributed by atoms with Gasteiger partial charge in [-0.3, -0.25) is 9.59 Å². The molecule has 0 spiro atoms. The smallest absolute Gasteiger partial charge is 0.282 e. The maximum Gasteiger partial charge on any atom is 0.282 e. The molecular formula is C17H26N4O5S. The first-order chi connectivity index (χ1) is 12.9. The molecule has 3 rings (SSSR count). The molecule has 1 N–H and O–H groups in total. The number of carbonyl (C=O) groups excluding carboxylic acids is 1. The van der Waals surface area contributed by atoms with Crippen molar-refractivity contribution in [2.45, 2.75) is 19.8 Å². The Morgan fingerprint density at radius 2 is 1.78 bits per heavy atom. The minimum Gasteiger partial charge on any atom is -0.379 e. The van der Waals surface area contributed by atoms with Crippen LogP contribution in [0.4, 0.5) is 0 Å². The Kier molecular flexibility index (Phi) is 6.30. The number of nitrogens with zero attached hydrogens (tertiary/aromatic N) is 3. The van der Waals surface area contributed by atoms with Crippen molar-refractivity contribution in [3.05, 3.63) is 33.7 Å². The molecule has 0 saturated carbocycles. The number of aryl methyl sites for hydroxylation is 1. The first-order valence-corrected chi connectivity index (χ1v) is 10.7. The van der Waals surface area contributed by atoms with E-state index in [0.29, 0.717) is 70.0 Å². The lowest BCUT2D eigenvalue weighted by molar-refractivity contribution is 0.0700. The summed E-state index contributed by atoms with van der Waals surface area (Å²) >= 11 is 0. The summed E-state index contributed by atoms with van der Waals surface area (Å²) in [6.07, 6.45) is 1.11. The quantitative estimate of drug-likeness (QED) is 0.748. The second kappa shape index (κ2) is 8.51. The van der Waals surface area contributed by atoms with Gasteiger partial charge >= 0.3 is 0 Å². The van der Waals surface area contributed by atoms with Crippen LogP contribution in [0.2, 0.25) is 0 Å². The molecule has 1 amide bonds. The Labute approximate surface area is 159 Å². The third-order valence-corrected chi connectivity index (χ3v) is 6.98. The molecule has 9 nitrogen and oxygen atoms in total. The molecule has 0 bridgehead atoms. The zero-order chi connectivity index (χ0) is 19.4. The van der Waals surface area contributed by atoms with E-state index < -0.39 is 10.2 Å². The Bertz CT molecular complexity index is 832. The van der Waals surface area contributed by atoms with Gasteiger partial charge < -0.3 is 14.6 Å². The van der Waals surface area contributed by atoms with E-state index in [4.69, 9.17) is 4.74 Å². The Hall–Kier alpha value is -1.75. The van der Waals surface area contributed by atoms with Crippen molar-refractivity contribution < 1.29 is 17.9 Å². The molecule has 2 fully saturated rings. The first-order valence-electron chi connectivity index (χ1n) is 9.28. The lowest BCUT2D eigenvalue weighted by Crippen LogP contribution is -2.49. The van der Waals surface area contributed by atoms with Crippen LogP contribution < -0.4 is 5.56 Å². The molecule has 1 aromatic rings. The molecule has 3 heterocycles. The average Bonchev–Trinajstić information content (AvgIpc) is 2.95. The number of carbonyl (C=O) groups is 1. The van der Waals surface area contributed by atoms with E-state index in [1.54, 1.807) is 11.0 Å². The van der Waals surface area contributed by atoms with E-state index >= 15 is 0 Å². The summed E-state index contributed by atoms with van der Waals surface area (Å²) < 4.78 is 33.8. The van der Waals surface area contributed by atoms with E-state index in [-0.39, 0.29) is 18.0 Å². The van der Waals surface area contributed by atoms with E-state index in [9.17, 15) is 18.0 Å². The highest BCUT2D eigenvalue weighted by molar-refractivity contribution is 7.86. The van der Waals surface area contributed by atoms with Crippen LogP contribution >= 0.6 is 0 Å². The molecular weight excluding hydrogens is 372 g/mol. The summed E-state index contributed by atoms with van der Waals surface area (Å²) in [5.41, 5.74) is 0.846.